The average molecular weight is 316 g/mol. The largest absolute Gasteiger partial charge is 0.477 e. The van der Waals surface area contributed by atoms with Crippen molar-refractivity contribution in [2.24, 2.45) is 0 Å². The van der Waals surface area contributed by atoms with Crippen LogP contribution in [-0.2, 0) is 14.3 Å². The van der Waals surface area contributed by atoms with Crippen LogP contribution in [0, 0.1) is 0 Å². The summed E-state index contributed by atoms with van der Waals surface area (Å²) in [4.78, 5) is 19.2. The van der Waals surface area contributed by atoms with Crippen LogP contribution >= 0.6 is 0 Å². The lowest BCUT2D eigenvalue weighted by molar-refractivity contribution is -0.280. The maximum Gasteiger partial charge on any atom is 0.465 e. The van der Waals surface area contributed by atoms with E-state index < -0.39 is 37.1 Å². The fourth-order valence-corrected chi connectivity index (χ4v) is 0.516. The van der Waals surface area contributed by atoms with Crippen molar-refractivity contribution in [2.45, 2.75) is 38.3 Å². The van der Waals surface area contributed by atoms with E-state index >= 15 is 0 Å². The standard InChI is InChI=1S/C7H9F5O2.C2H2F2O2/c1-2-3-4-14-5(13)6(8,9)7(10,11)12;3-1(4)2(5)6/h2-4H2,1H3;1H,(H,5,6). The predicted octanol–water partition coefficient (Wildman–Crippen LogP) is 2.86. The van der Waals surface area contributed by atoms with E-state index in [1.807, 2.05) is 0 Å². The molecule has 0 aromatic carbocycles. The highest BCUT2D eigenvalue weighted by Gasteiger charge is 2.64. The van der Waals surface area contributed by atoms with Gasteiger partial charge in [-0.25, -0.2) is 9.59 Å². The molecule has 0 rings (SSSR count). The second kappa shape index (κ2) is 8.59. The van der Waals surface area contributed by atoms with Crippen LogP contribution in [0.2, 0.25) is 0 Å². The van der Waals surface area contributed by atoms with Crippen LogP contribution < -0.4 is 0 Å². The molecular weight excluding hydrogens is 305 g/mol. The lowest BCUT2D eigenvalue weighted by Gasteiger charge is -2.17. The predicted molar refractivity (Wildman–Crippen MR) is 50.5 cm³/mol. The molecule has 0 heterocycles. The molecule has 0 aliphatic rings. The Morgan fingerprint density at radius 3 is 1.80 bits per heavy atom. The lowest BCUT2D eigenvalue weighted by atomic mass is 10.3. The van der Waals surface area contributed by atoms with Gasteiger partial charge in [-0.15, -0.1) is 0 Å². The number of ether oxygens (including phenoxy) is 1. The molecule has 0 spiro atoms. The molecular formula is C9H11F7O4. The molecule has 0 aromatic rings. The Hall–Kier alpha value is -1.55. The molecule has 0 saturated carbocycles. The van der Waals surface area contributed by atoms with Gasteiger partial charge in [-0.3, -0.25) is 0 Å². The van der Waals surface area contributed by atoms with Gasteiger partial charge in [0.05, 0.1) is 6.61 Å². The number of carboxylic acids is 1. The highest BCUT2D eigenvalue weighted by atomic mass is 19.4. The molecule has 0 fully saturated rings. The van der Waals surface area contributed by atoms with E-state index in [-0.39, 0.29) is 6.42 Å². The number of hydrogen-bond acceptors (Lipinski definition) is 3. The van der Waals surface area contributed by atoms with Gasteiger partial charge in [0.25, 0.3) is 0 Å². The first-order valence-electron chi connectivity index (χ1n) is 5.00. The summed E-state index contributed by atoms with van der Waals surface area (Å²) in [5.41, 5.74) is 0. The van der Waals surface area contributed by atoms with Crippen molar-refractivity contribution in [3.8, 4) is 0 Å². The van der Waals surface area contributed by atoms with Gasteiger partial charge in [0.1, 0.15) is 0 Å². The zero-order chi connectivity index (χ0) is 16.6. The van der Waals surface area contributed by atoms with Crippen LogP contribution in [0.3, 0.4) is 0 Å². The monoisotopic (exact) mass is 316 g/mol. The minimum absolute atomic E-state index is 0.250. The molecule has 0 bridgehead atoms. The first-order chi connectivity index (χ1) is 8.87. The van der Waals surface area contributed by atoms with Crippen LogP contribution in [0.15, 0.2) is 0 Å². The number of carbonyl (C=O) groups is 2. The molecule has 0 aromatic heterocycles. The van der Waals surface area contributed by atoms with Crippen molar-refractivity contribution in [3.63, 3.8) is 0 Å². The van der Waals surface area contributed by atoms with Gasteiger partial charge in [0.2, 0.25) is 0 Å². The summed E-state index contributed by atoms with van der Waals surface area (Å²) in [5, 5.41) is 7.24. The molecule has 4 nitrogen and oxygen atoms in total. The van der Waals surface area contributed by atoms with Crippen molar-refractivity contribution in [1.29, 1.82) is 0 Å². The minimum Gasteiger partial charge on any atom is -0.477 e. The molecule has 0 aliphatic carbocycles. The van der Waals surface area contributed by atoms with Gasteiger partial charge < -0.3 is 9.84 Å². The SMILES string of the molecule is CCCCOC(=O)C(F)(F)C(F)(F)F.O=C(O)C(F)F. The molecule has 11 heteroatoms. The smallest absolute Gasteiger partial charge is 0.465 e. The summed E-state index contributed by atoms with van der Waals surface area (Å²) in [6.07, 6.45) is -8.34. The lowest BCUT2D eigenvalue weighted by Crippen LogP contribution is -2.45. The molecule has 0 unspecified atom stereocenters. The fourth-order valence-electron chi connectivity index (χ4n) is 0.516. The van der Waals surface area contributed by atoms with Crippen LogP contribution in [0.4, 0.5) is 30.7 Å². The van der Waals surface area contributed by atoms with Gasteiger partial charge in [-0.2, -0.15) is 30.7 Å². The highest BCUT2D eigenvalue weighted by Crippen LogP contribution is 2.36. The molecule has 0 saturated heterocycles. The van der Waals surface area contributed by atoms with Crippen molar-refractivity contribution in [3.05, 3.63) is 0 Å². The molecule has 0 aliphatic heterocycles. The van der Waals surface area contributed by atoms with Gasteiger partial charge in [0, 0.05) is 0 Å². The number of carbonyl (C=O) groups excluding carboxylic acids is 1. The second-order valence-corrected chi connectivity index (χ2v) is 3.20. The molecule has 0 amide bonds. The number of alkyl halides is 7. The van der Waals surface area contributed by atoms with Gasteiger partial charge in [-0.05, 0) is 6.42 Å². The van der Waals surface area contributed by atoms with Crippen molar-refractivity contribution in [1.82, 2.24) is 0 Å². The van der Waals surface area contributed by atoms with E-state index in [1.54, 1.807) is 6.92 Å². The maximum absolute atomic E-state index is 12.2. The van der Waals surface area contributed by atoms with Crippen molar-refractivity contribution < 1.29 is 50.2 Å². The Balaban J connectivity index is 0. The number of unbranched alkanes of at least 4 members (excludes halogenated alkanes) is 1. The Kier molecular flexibility index (Phi) is 8.91. The van der Waals surface area contributed by atoms with Gasteiger partial charge >= 0.3 is 30.5 Å². The van der Waals surface area contributed by atoms with Gasteiger partial charge in [0.15, 0.2) is 0 Å². The number of esters is 1. The maximum atomic E-state index is 12.2. The zero-order valence-electron chi connectivity index (χ0n) is 10.0. The summed E-state index contributed by atoms with van der Waals surface area (Å²) in [6, 6.07) is 0. The third-order valence-corrected chi connectivity index (χ3v) is 1.53. The summed E-state index contributed by atoms with van der Waals surface area (Å²) in [7, 11) is 0. The Bertz CT molecular complexity index is 314. The van der Waals surface area contributed by atoms with Crippen molar-refractivity contribution in [2.75, 3.05) is 6.61 Å². The Morgan fingerprint density at radius 1 is 1.15 bits per heavy atom. The number of halogens is 7. The first kappa shape index (κ1) is 20.8. The molecule has 20 heavy (non-hydrogen) atoms. The summed E-state index contributed by atoms with van der Waals surface area (Å²) >= 11 is 0. The van der Waals surface area contributed by atoms with Crippen LogP contribution in [0.5, 0.6) is 0 Å². The zero-order valence-corrected chi connectivity index (χ0v) is 10.0. The second-order valence-electron chi connectivity index (χ2n) is 3.20. The van der Waals surface area contributed by atoms with E-state index in [0.29, 0.717) is 6.42 Å². The van der Waals surface area contributed by atoms with Crippen LogP contribution in [0.25, 0.3) is 0 Å². The van der Waals surface area contributed by atoms with E-state index in [4.69, 9.17) is 9.90 Å². The van der Waals surface area contributed by atoms with E-state index in [2.05, 4.69) is 4.74 Å². The Labute approximate surface area is 108 Å². The number of rotatable bonds is 5. The van der Waals surface area contributed by atoms with E-state index in [0.717, 1.165) is 0 Å². The summed E-state index contributed by atoms with van der Waals surface area (Å²) in [5.74, 6) is -10.0. The van der Waals surface area contributed by atoms with Crippen LogP contribution in [0.1, 0.15) is 19.8 Å². The summed E-state index contributed by atoms with van der Waals surface area (Å²) < 4.78 is 83.8. The van der Waals surface area contributed by atoms with Gasteiger partial charge in [-0.1, -0.05) is 13.3 Å². The third kappa shape index (κ3) is 7.79. The first-order valence-corrected chi connectivity index (χ1v) is 5.00. The average Bonchev–Trinajstić information content (AvgIpc) is 2.28. The number of carboxylic acid groups (broad SMARTS) is 1. The van der Waals surface area contributed by atoms with E-state index in [1.165, 1.54) is 0 Å². The molecule has 0 radical (unpaired) electrons. The summed E-state index contributed by atoms with van der Waals surface area (Å²) in [6.45, 7) is 1.25. The van der Waals surface area contributed by atoms with Crippen LogP contribution in [-0.4, -0.2) is 42.2 Å². The van der Waals surface area contributed by atoms with E-state index in [9.17, 15) is 35.5 Å². The number of aliphatic carboxylic acids is 1. The quantitative estimate of drug-likeness (QED) is 0.481. The minimum atomic E-state index is -5.89. The molecule has 0 atom stereocenters. The molecule has 120 valence electrons. The van der Waals surface area contributed by atoms with Crippen molar-refractivity contribution >= 4 is 11.9 Å². The Morgan fingerprint density at radius 2 is 1.55 bits per heavy atom. The third-order valence-electron chi connectivity index (χ3n) is 1.53. The topological polar surface area (TPSA) is 63.6 Å². The molecule has 1 N–H and O–H groups in total. The highest BCUT2D eigenvalue weighted by molar-refractivity contribution is 5.78. The normalized spacial score (nSPS) is 11.7. The fraction of sp³-hybridized carbons (Fsp3) is 0.778. The number of hydrogen-bond donors (Lipinski definition) is 1.